The molecule has 5 heteroatoms. The van der Waals surface area contributed by atoms with Gasteiger partial charge in [0.05, 0.1) is 0 Å². The number of aliphatic hydroxyl groups excluding tert-OH is 1. The number of aromatic nitrogens is 2. The van der Waals surface area contributed by atoms with Crippen LogP contribution in [-0.2, 0) is 13.2 Å². The van der Waals surface area contributed by atoms with Gasteiger partial charge < -0.3 is 14.8 Å². The van der Waals surface area contributed by atoms with E-state index >= 15 is 0 Å². The van der Waals surface area contributed by atoms with Gasteiger partial charge in [-0.25, -0.2) is 4.98 Å². The standard InChI is InChI=1S/C13H16N2O2S/c16-10-13-14-6-8-15(13)7-1-9-18-12-4-2-11(17)3-5-12/h2-6,8,16-17H,1,7,9-10H2. The van der Waals surface area contributed by atoms with Crippen LogP contribution >= 0.6 is 11.8 Å². The van der Waals surface area contributed by atoms with E-state index < -0.39 is 0 Å². The monoisotopic (exact) mass is 264 g/mol. The maximum absolute atomic E-state index is 9.17. The van der Waals surface area contributed by atoms with Gasteiger partial charge in [0.25, 0.3) is 0 Å². The summed E-state index contributed by atoms with van der Waals surface area (Å²) in [6.45, 7) is 0.846. The van der Waals surface area contributed by atoms with Gasteiger partial charge in [0.2, 0.25) is 0 Å². The molecule has 18 heavy (non-hydrogen) atoms. The number of imidazole rings is 1. The van der Waals surface area contributed by atoms with Crippen LogP contribution in [0.15, 0.2) is 41.6 Å². The Balaban J connectivity index is 1.74. The molecule has 2 N–H and O–H groups in total. The number of rotatable bonds is 6. The zero-order valence-corrected chi connectivity index (χ0v) is 10.8. The van der Waals surface area contributed by atoms with Crippen molar-refractivity contribution in [2.24, 2.45) is 0 Å². The molecule has 1 heterocycles. The Morgan fingerprint density at radius 2 is 2.00 bits per heavy atom. The van der Waals surface area contributed by atoms with Crippen LogP contribution in [0.3, 0.4) is 0 Å². The summed E-state index contributed by atoms with van der Waals surface area (Å²) in [7, 11) is 0. The van der Waals surface area contributed by atoms with Gasteiger partial charge in [0, 0.05) is 23.8 Å². The van der Waals surface area contributed by atoms with Gasteiger partial charge in [0.1, 0.15) is 18.2 Å². The van der Waals surface area contributed by atoms with Crippen molar-refractivity contribution < 1.29 is 10.2 Å². The lowest BCUT2D eigenvalue weighted by atomic mass is 10.3. The molecule has 0 fully saturated rings. The molecule has 0 unspecified atom stereocenters. The molecule has 0 atom stereocenters. The number of nitrogens with zero attached hydrogens (tertiary/aromatic N) is 2. The smallest absolute Gasteiger partial charge is 0.134 e. The molecule has 1 aromatic carbocycles. The number of phenolic OH excluding ortho intramolecular Hbond substituents is 1. The lowest BCUT2D eigenvalue weighted by molar-refractivity contribution is 0.265. The third-order valence-electron chi connectivity index (χ3n) is 2.59. The highest BCUT2D eigenvalue weighted by Crippen LogP contribution is 2.21. The molecule has 0 aliphatic heterocycles. The first-order valence-corrected chi connectivity index (χ1v) is 6.81. The highest BCUT2D eigenvalue weighted by Gasteiger charge is 2.00. The highest BCUT2D eigenvalue weighted by atomic mass is 32.2. The molecule has 0 aliphatic rings. The molecule has 0 bridgehead atoms. The summed E-state index contributed by atoms with van der Waals surface area (Å²) in [5, 5.41) is 18.2. The summed E-state index contributed by atoms with van der Waals surface area (Å²) in [5.41, 5.74) is 0. The van der Waals surface area contributed by atoms with Crippen molar-refractivity contribution in [3.8, 4) is 5.75 Å². The van der Waals surface area contributed by atoms with E-state index in [1.807, 2.05) is 22.9 Å². The Labute approximate surface area is 110 Å². The van der Waals surface area contributed by atoms with Crippen LogP contribution in [0, 0.1) is 0 Å². The molecule has 96 valence electrons. The lowest BCUT2D eigenvalue weighted by Gasteiger charge is -2.06. The summed E-state index contributed by atoms with van der Waals surface area (Å²) in [4.78, 5) is 5.21. The Morgan fingerprint density at radius 1 is 1.22 bits per heavy atom. The minimum atomic E-state index is -0.0158. The van der Waals surface area contributed by atoms with Gasteiger partial charge in [-0.05, 0) is 36.4 Å². The summed E-state index contributed by atoms with van der Waals surface area (Å²) < 4.78 is 1.97. The normalized spacial score (nSPS) is 10.7. The molecular formula is C13H16N2O2S. The van der Waals surface area contributed by atoms with Crippen LogP contribution in [0.4, 0.5) is 0 Å². The summed E-state index contributed by atoms with van der Waals surface area (Å²) in [5.74, 6) is 2.00. The number of aryl methyl sites for hydroxylation is 1. The second kappa shape index (κ2) is 6.47. The molecule has 2 rings (SSSR count). The fourth-order valence-corrected chi connectivity index (χ4v) is 2.50. The maximum Gasteiger partial charge on any atom is 0.134 e. The first-order valence-electron chi connectivity index (χ1n) is 5.82. The largest absolute Gasteiger partial charge is 0.508 e. The van der Waals surface area contributed by atoms with Crippen molar-refractivity contribution in [1.82, 2.24) is 9.55 Å². The zero-order valence-electron chi connectivity index (χ0n) is 9.99. The second-order valence-corrected chi connectivity index (χ2v) is 5.06. The van der Waals surface area contributed by atoms with Crippen LogP contribution in [-0.4, -0.2) is 25.5 Å². The minimum Gasteiger partial charge on any atom is -0.508 e. The molecule has 0 radical (unpaired) electrons. The van der Waals surface area contributed by atoms with Crippen LogP contribution in [0.25, 0.3) is 0 Å². The summed E-state index contributed by atoms with van der Waals surface area (Å²) in [6, 6.07) is 7.22. The number of benzene rings is 1. The molecule has 0 amide bonds. The molecular weight excluding hydrogens is 248 g/mol. The van der Waals surface area contributed by atoms with Crippen molar-refractivity contribution in [3.63, 3.8) is 0 Å². The predicted molar refractivity (Wildman–Crippen MR) is 71.6 cm³/mol. The van der Waals surface area contributed by atoms with Crippen molar-refractivity contribution in [2.75, 3.05) is 5.75 Å². The van der Waals surface area contributed by atoms with Crippen LogP contribution in [0.2, 0.25) is 0 Å². The van der Waals surface area contributed by atoms with E-state index in [2.05, 4.69) is 4.98 Å². The Hall–Kier alpha value is -1.46. The van der Waals surface area contributed by atoms with Gasteiger partial charge in [-0.1, -0.05) is 0 Å². The average Bonchev–Trinajstić information content (AvgIpc) is 2.84. The molecule has 0 saturated carbocycles. The van der Waals surface area contributed by atoms with Crippen LogP contribution in [0.1, 0.15) is 12.2 Å². The molecule has 1 aromatic heterocycles. The van der Waals surface area contributed by atoms with Gasteiger partial charge in [-0.2, -0.15) is 0 Å². The minimum absolute atomic E-state index is 0.0158. The van der Waals surface area contributed by atoms with E-state index in [0.717, 1.165) is 23.6 Å². The third kappa shape index (κ3) is 3.51. The van der Waals surface area contributed by atoms with Gasteiger partial charge in [-0.15, -0.1) is 11.8 Å². The van der Waals surface area contributed by atoms with E-state index in [4.69, 9.17) is 10.2 Å². The maximum atomic E-state index is 9.17. The van der Waals surface area contributed by atoms with Crippen molar-refractivity contribution in [1.29, 1.82) is 0 Å². The van der Waals surface area contributed by atoms with E-state index in [1.165, 1.54) is 0 Å². The molecule has 2 aromatic rings. The first kappa shape index (κ1) is 13.0. The Morgan fingerprint density at radius 3 is 2.72 bits per heavy atom. The predicted octanol–water partition coefficient (Wildman–Crippen LogP) is 2.26. The van der Waals surface area contributed by atoms with E-state index in [9.17, 15) is 0 Å². The fraction of sp³-hybridized carbons (Fsp3) is 0.308. The number of hydrogen-bond donors (Lipinski definition) is 2. The van der Waals surface area contributed by atoms with Gasteiger partial charge in [0.15, 0.2) is 0 Å². The quantitative estimate of drug-likeness (QED) is 0.620. The van der Waals surface area contributed by atoms with E-state index in [0.29, 0.717) is 11.6 Å². The van der Waals surface area contributed by atoms with Crippen LogP contribution < -0.4 is 0 Å². The van der Waals surface area contributed by atoms with Gasteiger partial charge in [-0.3, -0.25) is 0 Å². The number of hydrogen-bond acceptors (Lipinski definition) is 4. The van der Waals surface area contributed by atoms with E-state index in [1.54, 1.807) is 30.1 Å². The van der Waals surface area contributed by atoms with Crippen LogP contribution in [0.5, 0.6) is 5.75 Å². The zero-order chi connectivity index (χ0) is 12.8. The van der Waals surface area contributed by atoms with Crippen molar-refractivity contribution >= 4 is 11.8 Å². The van der Waals surface area contributed by atoms with E-state index in [-0.39, 0.29) is 6.61 Å². The average molecular weight is 264 g/mol. The first-order chi connectivity index (χ1) is 8.79. The lowest BCUT2D eigenvalue weighted by Crippen LogP contribution is -2.03. The summed E-state index contributed by atoms with van der Waals surface area (Å²) in [6.07, 6.45) is 4.60. The number of aromatic hydroxyl groups is 1. The molecule has 0 spiro atoms. The molecule has 4 nitrogen and oxygen atoms in total. The molecule has 0 saturated heterocycles. The highest BCUT2D eigenvalue weighted by molar-refractivity contribution is 7.99. The fourth-order valence-electron chi connectivity index (χ4n) is 1.66. The topological polar surface area (TPSA) is 58.3 Å². The molecule has 0 aliphatic carbocycles. The Bertz CT molecular complexity index is 482. The Kier molecular flexibility index (Phi) is 4.66. The number of aliphatic hydroxyl groups is 1. The van der Waals surface area contributed by atoms with Crippen molar-refractivity contribution in [2.45, 2.75) is 24.5 Å². The van der Waals surface area contributed by atoms with Crippen molar-refractivity contribution in [3.05, 3.63) is 42.5 Å². The third-order valence-corrected chi connectivity index (χ3v) is 3.69. The second-order valence-electron chi connectivity index (χ2n) is 3.89. The summed E-state index contributed by atoms with van der Waals surface area (Å²) >= 11 is 1.76. The number of thioether (sulfide) groups is 1. The van der Waals surface area contributed by atoms with Gasteiger partial charge >= 0.3 is 0 Å². The number of phenols is 1. The SMILES string of the molecule is OCc1nccn1CCCSc1ccc(O)cc1.